The van der Waals surface area contributed by atoms with Crippen molar-refractivity contribution in [2.75, 3.05) is 11.1 Å². The number of carbonyl (C=O) groups is 2. The van der Waals surface area contributed by atoms with Gasteiger partial charge in [-0.3, -0.25) is 9.59 Å². The van der Waals surface area contributed by atoms with E-state index in [9.17, 15) is 9.59 Å². The SMILES string of the molecule is Nc1ccccc1-c1c(CNCc2ccccc2)ccc(CCC(=O)O)c1NC=O. The van der Waals surface area contributed by atoms with Crippen LogP contribution in [0.2, 0.25) is 0 Å². The summed E-state index contributed by atoms with van der Waals surface area (Å²) in [5, 5.41) is 15.3. The first-order valence-electron chi connectivity index (χ1n) is 9.76. The average Bonchev–Trinajstić information content (AvgIpc) is 2.75. The molecule has 3 aromatic rings. The first-order valence-corrected chi connectivity index (χ1v) is 9.76. The number of aliphatic carboxylic acids is 1. The summed E-state index contributed by atoms with van der Waals surface area (Å²) in [5.74, 6) is -0.888. The standard InChI is InChI=1S/C24H25N3O3/c25-21-9-5-4-8-20(21)23-19(15-26-14-17-6-2-1-3-7-17)11-10-18(12-13-22(29)30)24(23)27-16-28/h1-11,16,26H,12-15,25H2,(H,27,28)(H,29,30). The lowest BCUT2D eigenvalue weighted by Gasteiger charge is -2.20. The van der Waals surface area contributed by atoms with Gasteiger partial charge in [-0.25, -0.2) is 0 Å². The molecule has 6 heteroatoms. The third-order valence-electron chi connectivity index (χ3n) is 4.91. The number of carboxylic acid groups (broad SMARTS) is 1. The van der Waals surface area contributed by atoms with Crippen LogP contribution in [0.15, 0.2) is 66.7 Å². The molecule has 0 spiro atoms. The molecule has 0 bridgehead atoms. The summed E-state index contributed by atoms with van der Waals surface area (Å²) in [7, 11) is 0. The second-order valence-electron chi connectivity index (χ2n) is 6.97. The maximum Gasteiger partial charge on any atom is 0.303 e. The smallest absolute Gasteiger partial charge is 0.303 e. The number of rotatable bonds is 10. The monoisotopic (exact) mass is 403 g/mol. The molecule has 0 aliphatic rings. The van der Waals surface area contributed by atoms with Gasteiger partial charge in [0, 0.05) is 36.3 Å². The summed E-state index contributed by atoms with van der Waals surface area (Å²) in [6, 6.07) is 21.4. The number of carbonyl (C=O) groups excluding carboxylic acids is 1. The van der Waals surface area contributed by atoms with Gasteiger partial charge in [-0.15, -0.1) is 0 Å². The Bertz CT molecular complexity index is 1020. The molecule has 0 aromatic heterocycles. The van der Waals surface area contributed by atoms with Gasteiger partial charge in [-0.1, -0.05) is 60.7 Å². The molecule has 0 heterocycles. The van der Waals surface area contributed by atoms with Crippen LogP contribution in [0.1, 0.15) is 23.1 Å². The number of aryl methyl sites for hydroxylation is 1. The minimum absolute atomic E-state index is 0.0249. The van der Waals surface area contributed by atoms with E-state index in [-0.39, 0.29) is 6.42 Å². The summed E-state index contributed by atoms with van der Waals surface area (Å²) in [5.41, 5.74) is 11.9. The number of para-hydroxylation sites is 1. The first kappa shape index (κ1) is 21.1. The van der Waals surface area contributed by atoms with E-state index < -0.39 is 5.97 Å². The fourth-order valence-corrected chi connectivity index (χ4v) is 3.48. The Morgan fingerprint density at radius 1 is 0.933 bits per heavy atom. The lowest BCUT2D eigenvalue weighted by Crippen LogP contribution is -2.15. The molecule has 0 aliphatic heterocycles. The quantitative estimate of drug-likeness (QED) is 0.304. The highest BCUT2D eigenvalue weighted by Crippen LogP contribution is 2.38. The molecule has 1 amide bonds. The van der Waals surface area contributed by atoms with Crippen LogP contribution in [0, 0.1) is 0 Å². The molecule has 154 valence electrons. The molecule has 6 nitrogen and oxygen atoms in total. The molecule has 0 fully saturated rings. The predicted octanol–water partition coefficient (Wildman–Crippen LogP) is 3.81. The summed E-state index contributed by atoms with van der Waals surface area (Å²) >= 11 is 0. The van der Waals surface area contributed by atoms with Crippen molar-refractivity contribution in [1.29, 1.82) is 0 Å². The van der Waals surface area contributed by atoms with Crippen molar-refractivity contribution >= 4 is 23.8 Å². The molecule has 0 saturated carbocycles. The van der Waals surface area contributed by atoms with Gasteiger partial charge in [0.1, 0.15) is 0 Å². The topological polar surface area (TPSA) is 104 Å². The van der Waals surface area contributed by atoms with Gasteiger partial charge in [0.2, 0.25) is 6.41 Å². The van der Waals surface area contributed by atoms with Crippen LogP contribution in [0.3, 0.4) is 0 Å². The van der Waals surface area contributed by atoms with Crippen molar-refractivity contribution in [2.24, 2.45) is 0 Å². The van der Waals surface area contributed by atoms with E-state index in [2.05, 4.69) is 22.8 Å². The van der Waals surface area contributed by atoms with E-state index in [0.717, 1.165) is 22.3 Å². The Kier molecular flexibility index (Phi) is 7.19. The summed E-state index contributed by atoms with van der Waals surface area (Å²) in [4.78, 5) is 22.4. The van der Waals surface area contributed by atoms with E-state index in [1.165, 1.54) is 5.56 Å². The van der Waals surface area contributed by atoms with E-state index in [4.69, 9.17) is 10.8 Å². The fourth-order valence-electron chi connectivity index (χ4n) is 3.48. The van der Waals surface area contributed by atoms with Crippen LogP contribution < -0.4 is 16.4 Å². The lowest BCUT2D eigenvalue weighted by atomic mass is 9.91. The average molecular weight is 403 g/mol. The lowest BCUT2D eigenvalue weighted by molar-refractivity contribution is -0.136. The van der Waals surface area contributed by atoms with Crippen LogP contribution >= 0.6 is 0 Å². The van der Waals surface area contributed by atoms with Gasteiger partial charge >= 0.3 is 5.97 Å². The first-order chi connectivity index (χ1) is 14.6. The van der Waals surface area contributed by atoms with E-state index in [0.29, 0.717) is 37.3 Å². The molecule has 3 aromatic carbocycles. The molecular formula is C24H25N3O3. The molecule has 30 heavy (non-hydrogen) atoms. The number of hydrogen-bond acceptors (Lipinski definition) is 4. The highest BCUT2D eigenvalue weighted by Gasteiger charge is 2.17. The van der Waals surface area contributed by atoms with Gasteiger partial charge < -0.3 is 21.5 Å². The Hall–Kier alpha value is -3.64. The van der Waals surface area contributed by atoms with Crippen molar-refractivity contribution in [3.63, 3.8) is 0 Å². The van der Waals surface area contributed by atoms with Crippen molar-refractivity contribution in [3.8, 4) is 11.1 Å². The zero-order valence-electron chi connectivity index (χ0n) is 16.6. The largest absolute Gasteiger partial charge is 0.481 e. The molecule has 0 saturated heterocycles. The zero-order chi connectivity index (χ0) is 21.3. The predicted molar refractivity (Wildman–Crippen MR) is 119 cm³/mol. The molecule has 5 N–H and O–H groups in total. The number of nitrogens with one attached hydrogen (secondary N) is 2. The van der Waals surface area contributed by atoms with Gasteiger partial charge in [0.25, 0.3) is 0 Å². The number of benzene rings is 3. The summed E-state index contributed by atoms with van der Waals surface area (Å²) < 4.78 is 0. The van der Waals surface area contributed by atoms with E-state index in [1.54, 1.807) is 0 Å². The second kappa shape index (κ2) is 10.2. The Morgan fingerprint density at radius 2 is 1.63 bits per heavy atom. The maximum atomic E-state index is 11.4. The summed E-state index contributed by atoms with van der Waals surface area (Å²) in [6.07, 6.45) is 0.898. The minimum Gasteiger partial charge on any atom is -0.481 e. The number of hydrogen-bond donors (Lipinski definition) is 4. The third kappa shape index (κ3) is 5.24. The van der Waals surface area contributed by atoms with Crippen LogP contribution in [0.25, 0.3) is 11.1 Å². The molecule has 0 unspecified atom stereocenters. The zero-order valence-corrected chi connectivity index (χ0v) is 16.6. The van der Waals surface area contributed by atoms with Crippen LogP contribution in [0.4, 0.5) is 11.4 Å². The number of nitrogens with two attached hydrogens (primary N) is 1. The van der Waals surface area contributed by atoms with E-state index in [1.807, 2.05) is 54.6 Å². The molecular weight excluding hydrogens is 378 g/mol. The summed E-state index contributed by atoms with van der Waals surface area (Å²) in [6.45, 7) is 1.26. The molecule has 3 rings (SSSR count). The van der Waals surface area contributed by atoms with Crippen molar-refractivity contribution in [2.45, 2.75) is 25.9 Å². The van der Waals surface area contributed by atoms with Gasteiger partial charge in [-0.05, 0) is 29.2 Å². The van der Waals surface area contributed by atoms with Gasteiger partial charge in [0.05, 0.1) is 5.69 Å². The Balaban J connectivity index is 1.99. The number of carboxylic acids is 1. The van der Waals surface area contributed by atoms with Crippen molar-refractivity contribution in [3.05, 3.63) is 83.4 Å². The van der Waals surface area contributed by atoms with Gasteiger partial charge in [0.15, 0.2) is 0 Å². The number of nitrogen functional groups attached to an aromatic ring is 1. The molecule has 0 atom stereocenters. The van der Waals surface area contributed by atoms with E-state index >= 15 is 0 Å². The van der Waals surface area contributed by atoms with Crippen LogP contribution in [-0.4, -0.2) is 17.5 Å². The normalized spacial score (nSPS) is 10.5. The number of anilines is 2. The third-order valence-corrected chi connectivity index (χ3v) is 4.91. The van der Waals surface area contributed by atoms with Crippen molar-refractivity contribution < 1.29 is 14.7 Å². The highest BCUT2D eigenvalue weighted by atomic mass is 16.4. The van der Waals surface area contributed by atoms with Crippen LogP contribution in [-0.2, 0) is 29.1 Å². The van der Waals surface area contributed by atoms with Gasteiger partial charge in [-0.2, -0.15) is 0 Å². The fraction of sp³-hybridized carbons (Fsp3) is 0.167. The highest BCUT2D eigenvalue weighted by molar-refractivity contribution is 5.93. The Morgan fingerprint density at radius 3 is 2.33 bits per heavy atom. The van der Waals surface area contributed by atoms with Crippen LogP contribution in [0.5, 0.6) is 0 Å². The van der Waals surface area contributed by atoms with Crippen molar-refractivity contribution in [1.82, 2.24) is 5.32 Å². The second-order valence-corrected chi connectivity index (χ2v) is 6.97. The maximum absolute atomic E-state index is 11.4. The number of amides is 1. The Labute approximate surface area is 175 Å². The molecule has 0 aliphatic carbocycles. The molecule has 0 radical (unpaired) electrons. The minimum atomic E-state index is -0.888.